The van der Waals surface area contributed by atoms with Crippen LogP contribution in [0.2, 0.25) is 0 Å². The molecule has 1 heterocycles. The molecule has 3 rings (SSSR count). The maximum Gasteiger partial charge on any atom is 0.125 e. The minimum Gasteiger partial charge on any atom is -0.493 e. The van der Waals surface area contributed by atoms with Crippen LogP contribution in [0, 0.1) is 6.92 Å². The number of para-hydroxylation sites is 1. The van der Waals surface area contributed by atoms with Gasteiger partial charge in [0.25, 0.3) is 0 Å². The molecular weight excluding hydrogens is 160 g/mol. The van der Waals surface area contributed by atoms with E-state index in [1.807, 2.05) is 0 Å². The van der Waals surface area contributed by atoms with Crippen molar-refractivity contribution in [1.82, 2.24) is 0 Å². The zero-order valence-electron chi connectivity index (χ0n) is 7.97. The van der Waals surface area contributed by atoms with Crippen LogP contribution in [0.5, 0.6) is 5.75 Å². The molecule has 1 aromatic carbocycles. The molecule has 0 amide bonds. The highest BCUT2D eigenvalue weighted by atomic mass is 16.5. The second-order valence-corrected chi connectivity index (χ2v) is 4.33. The van der Waals surface area contributed by atoms with Gasteiger partial charge in [0.15, 0.2) is 0 Å². The van der Waals surface area contributed by atoms with Crippen LogP contribution >= 0.6 is 0 Å². The molecule has 68 valence electrons. The van der Waals surface area contributed by atoms with Crippen LogP contribution in [-0.2, 0) is 5.41 Å². The van der Waals surface area contributed by atoms with Gasteiger partial charge in [-0.25, -0.2) is 0 Å². The zero-order chi connectivity index (χ0) is 8.89. The van der Waals surface area contributed by atoms with Crippen molar-refractivity contribution in [3.8, 4) is 5.75 Å². The third-order valence-electron chi connectivity index (χ3n) is 3.46. The van der Waals surface area contributed by atoms with Crippen molar-refractivity contribution >= 4 is 0 Å². The number of rotatable bonds is 0. The van der Waals surface area contributed by atoms with E-state index in [4.69, 9.17) is 4.74 Å². The molecule has 0 bridgehead atoms. The van der Waals surface area contributed by atoms with Crippen molar-refractivity contribution in [2.24, 2.45) is 0 Å². The average Bonchev–Trinajstić information content (AvgIpc) is 2.89. The predicted octanol–water partition coefficient (Wildman–Crippen LogP) is 2.81. The van der Waals surface area contributed by atoms with E-state index in [1.165, 1.54) is 36.1 Å². The van der Waals surface area contributed by atoms with Gasteiger partial charge in [-0.3, -0.25) is 0 Å². The van der Waals surface area contributed by atoms with Crippen LogP contribution < -0.4 is 4.74 Å². The van der Waals surface area contributed by atoms with Gasteiger partial charge in [0.2, 0.25) is 0 Å². The number of hydrogen-bond acceptors (Lipinski definition) is 1. The van der Waals surface area contributed by atoms with Crippen molar-refractivity contribution < 1.29 is 4.74 Å². The van der Waals surface area contributed by atoms with Gasteiger partial charge >= 0.3 is 0 Å². The Hall–Kier alpha value is -0.980. The van der Waals surface area contributed by atoms with E-state index in [-0.39, 0.29) is 0 Å². The maximum atomic E-state index is 5.73. The van der Waals surface area contributed by atoms with Gasteiger partial charge in [0.1, 0.15) is 5.75 Å². The van der Waals surface area contributed by atoms with Gasteiger partial charge in [-0.2, -0.15) is 0 Å². The van der Waals surface area contributed by atoms with Crippen molar-refractivity contribution in [3.05, 3.63) is 29.3 Å². The smallest absolute Gasteiger partial charge is 0.125 e. The van der Waals surface area contributed by atoms with Crippen LogP contribution in [0.25, 0.3) is 0 Å². The third kappa shape index (κ3) is 0.932. The normalized spacial score (nSPS) is 22.2. The fraction of sp³-hybridized carbons (Fsp3) is 0.500. The molecule has 1 aliphatic heterocycles. The lowest BCUT2D eigenvalue weighted by Gasteiger charge is -2.26. The fourth-order valence-electron chi connectivity index (χ4n) is 2.42. The van der Waals surface area contributed by atoms with E-state index in [1.54, 1.807) is 0 Å². The SMILES string of the molecule is Cc1cccc2c1OCCC21CC1. The molecule has 1 aliphatic carbocycles. The van der Waals surface area contributed by atoms with Gasteiger partial charge in [0, 0.05) is 11.0 Å². The first-order valence-corrected chi connectivity index (χ1v) is 5.05. The molecule has 1 saturated carbocycles. The fourth-order valence-corrected chi connectivity index (χ4v) is 2.42. The first-order valence-electron chi connectivity index (χ1n) is 5.05. The van der Waals surface area contributed by atoms with Gasteiger partial charge < -0.3 is 4.74 Å². The number of hydrogen-bond donors (Lipinski definition) is 0. The van der Waals surface area contributed by atoms with Crippen molar-refractivity contribution in [1.29, 1.82) is 0 Å². The summed E-state index contributed by atoms with van der Waals surface area (Å²) in [6.07, 6.45) is 3.96. The van der Waals surface area contributed by atoms with Crippen LogP contribution in [0.1, 0.15) is 30.4 Å². The number of ether oxygens (including phenoxy) is 1. The Bertz CT molecular complexity index is 350. The van der Waals surface area contributed by atoms with E-state index < -0.39 is 0 Å². The Kier molecular flexibility index (Phi) is 1.30. The summed E-state index contributed by atoms with van der Waals surface area (Å²) < 4.78 is 5.73. The summed E-state index contributed by atoms with van der Waals surface area (Å²) >= 11 is 0. The molecule has 2 aliphatic rings. The number of fused-ring (bicyclic) bond motifs is 2. The molecule has 0 aromatic heterocycles. The second kappa shape index (κ2) is 2.28. The lowest BCUT2D eigenvalue weighted by atomic mass is 9.89. The number of benzene rings is 1. The van der Waals surface area contributed by atoms with Crippen molar-refractivity contribution in [2.75, 3.05) is 6.61 Å². The summed E-state index contributed by atoms with van der Waals surface area (Å²) in [6, 6.07) is 6.54. The Labute approximate surface area is 78.7 Å². The van der Waals surface area contributed by atoms with Gasteiger partial charge in [-0.15, -0.1) is 0 Å². The molecule has 0 saturated heterocycles. The summed E-state index contributed by atoms with van der Waals surface area (Å²) in [4.78, 5) is 0. The molecule has 1 nitrogen and oxygen atoms in total. The first-order chi connectivity index (χ1) is 6.32. The molecule has 1 aromatic rings. The molecule has 13 heavy (non-hydrogen) atoms. The van der Waals surface area contributed by atoms with E-state index in [9.17, 15) is 0 Å². The lowest BCUT2D eigenvalue weighted by molar-refractivity contribution is 0.258. The molecule has 0 radical (unpaired) electrons. The van der Waals surface area contributed by atoms with E-state index in [0.29, 0.717) is 5.41 Å². The number of aryl methyl sites for hydroxylation is 1. The van der Waals surface area contributed by atoms with Gasteiger partial charge in [-0.05, 0) is 31.7 Å². The van der Waals surface area contributed by atoms with E-state index in [0.717, 1.165) is 6.61 Å². The summed E-state index contributed by atoms with van der Waals surface area (Å²) in [5.41, 5.74) is 3.29. The summed E-state index contributed by atoms with van der Waals surface area (Å²) in [5, 5.41) is 0. The molecule has 0 N–H and O–H groups in total. The quantitative estimate of drug-likeness (QED) is 0.587. The largest absolute Gasteiger partial charge is 0.493 e. The molecule has 1 fully saturated rings. The lowest BCUT2D eigenvalue weighted by Crippen LogP contribution is -2.20. The minimum absolute atomic E-state index is 0.527. The molecule has 0 unspecified atom stereocenters. The maximum absolute atomic E-state index is 5.73. The minimum atomic E-state index is 0.527. The molecular formula is C12H14O. The average molecular weight is 174 g/mol. The van der Waals surface area contributed by atoms with Crippen LogP contribution in [0.3, 0.4) is 0 Å². The standard InChI is InChI=1S/C12H14O/c1-9-3-2-4-10-11(9)13-8-7-12(10)5-6-12/h2-4H,5-8H2,1H3. The summed E-state index contributed by atoms with van der Waals surface area (Å²) in [6.45, 7) is 3.05. The Balaban J connectivity index is 2.19. The van der Waals surface area contributed by atoms with Gasteiger partial charge in [0.05, 0.1) is 6.61 Å². The molecule has 1 spiro atoms. The topological polar surface area (TPSA) is 9.23 Å². The van der Waals surface area contributed by atoms with Gasteiger partial charge in [-0.1, -0.05) is 18.2 Å². The van der Waals surface area contributed by atoms with Crippen molar-refractivity contribution in [3.63, 3.8) is 0 Å². The van der Waals surface area contributed by atoms with E-state index in [2.05, 4.69) is 25.1 Å². The Morgan fingerprint density at radius 2 is 2.08 bits per heavy atom. The highest BCUT2D eigenvalue weighted by Gasteiger charge is 2.47. The third-order valence-corrected chi connectivity index (χ3v) is 3.46. The summed E-state index contributed by atoms with van der Waals surface area (Å²) in [5.74, 6) is 1.17. The van der Waals surface area contributed by atoms with Crippen molar-refractivity contribution in [2.45, 2.75) is 31.6 Å². The molecule has 1 heteroatoms. The van der Waals surface area contributed by atoms with Crippen LogP contribution in [-0.4, -0.2) is 6.61 Å². The van der Waals surface area contributed by atoms with Crippen LogP contribution in [0.15, 0.2) is 18.2 Å². The summed E-state index contributed by atoms with van der Waals surface area (Å²) in [7, 11) is 0. The second-order valence-electron chi connectivity index (χ2n) is 4.33. The Morgan fingerprint density at radius 1 is 1.23 bits per heavy atom. The highest BCUT2D eigenvalue weighted by molar-refractivity contribution is 5.49. The predicted molar refractivity (Wildman–Crippen MR) is 52.2 cm³/mol. The van der Waals surface area contributed by atoms with Crippen LogP contribution in [0.4, 0.5) is 0 Å². The Morgan fingerprint density at radius 3 is 2.85 bits per heavy atom. The zero-order valence-corrected chi connectivity index (χ0v) is 7.97. The molecule has 0 atom stereocenters. The monoisotopic (exact) mass is 174 g/mol. The highest BCUT2D eigenvalue weighted by Crippen LogP contribution is 2.56. The first kappa shape index (κ1) is 7.43. The van der Waals surface area contributed by atoms with E-state index >= 15 is 0 Å².